The van der Waals surface area contributed by atoms with Gasteiger partial charge in [0.2, 0.25) is 0 Å². The van der Waals surface area contributed by atoms with Gasteiger partial charge in [0, 0.05) is 0 Å². The zero-order valence-corrected chi connectivity index (χ0v) is 12.6. The smallest absolute Gasteiger partial charge is 0.287 e. The Morgan fingerprint density at radius 1 is 1.15 bits per heavy atom. The van der Waals surface area contributed by atoms with E-state index in [1.165, 1.54) is 5.56 Å². The predicted octanol–water partition coefficient (Wildman–Crippen LogP) is 4.81. The molecular formula is C15H19F3OS. The van der Waals surface area contributed by atoms with Crippen molar-refractivity contribution >= 4 is 16.9 Å². The molecule has 0 aromatic heterocycles. The van der Waals surface area contributed by atoms with Gasteiger partial charge in [-0.15, -0.1) is 0 Å². The number of rotatable bonds is 5. The maximum Gasteiger partial charge on any atom is 0.398 e. The summed E-state index contributed by atoms with van der Waals surface area (Å²) >= 11 is 0.337. The Hall–Kier alpha value is -0.970. The molecule has 0 heterocycles. The summed E-state index contributed by atoms with van der Waals surface area (Å²) in [5, 5.41) is -0.445. The van der Waals surface area contributed by atoms with Crippen LogP contribution in [-0.2, 0) is 11.2 Å². The van der Waals surface area contributed by atoms with Crippen LogP contribution in [0.15, 0.2) is 24.3 Å². The first-order valence-electron chi connectivity index (χ1n) is 6.51. The molecule has 0 spiro atoms. The van der Waals surface area contributed by atoms with E-state index in [0.717, 1.165) is 12.0 Å². The highest BCUT2D eigenvalue weighted by Crippen LogP contribution is 2.27. The van der Waals surface area contributed by atoms with Gasteiger partial charge in [0.25, 0.3) is 0 Å². The van der Waals surface area contributed by atoms with E-state index in [9.17, 15) is 18.0 Å². The van der Waals surface area contributed by atoms with Crippen LogP contribution in [0.2, 0.25) is 0 Å². The Kier molecular flexibility index (Phi) is 6.11. The quantitative estimate of drug-likeness (QED) is 0.776. The molecule has 0 saturated carbocycles. The number of benzene rings is 1. The highest BCUT2D eigenvalue weighted by molar-refractivity contribution is 8.13. The van der Waals surface area contributed by atoms with Gasteiger partial charge in [0.05, 0.1) is 11.7 Å². The van der Waals surface area contributed by atoms with E-state index >= 15 is 0 Å². The van der Waals surface area contributed by atoms with Crippen LogP contribution in [0.5, 0.6) is 0 Å². The van der Waals surface area contributed by atoms with E-state index in [1.807, 2.05) is 24.3 Å². The molecule has 0 aliphatic carbocycles. The third-order valence-electron chi connectivity index (χ3n) is 2.86. The first kappa shape index (κ1) is 17.1. The second-order valence-electron chi connectivity index (χ2n) is 5.28. The summed E-state index contributed by atoms with van der Waals surface area (Å²) in [5.41, 5.74) is 1.93. The summed E-state index contributed by atoms with van der Waals surface area (Å²) in [7, 11) is 0. The highest BCUT2D eigenvalue weighted by atomic mass is 32.2. The van der Waals surface area contributed by atoms with Crippen molar-refractivity contribution in [3.8, 4) is 0 Å². The normalized spacial score (nSPS) is 13.6. The van der Waals surface area contributed by atoms with Crippen molar-refractivity contribution in [3.63, 3.8) is 0 Å². The molecule has 112 valence electrons. The molecule has 0 bridgehead atoms. The summed E-state index contributed by atoms with van der Waals surface area (Å²) in [6.45, 7) is 5.88. The number of hydrogen-bond donors (Lipinski definition) is 0. The maximum atomic E-state index is 12.1. The Balaban J connectivity index is 2.62. The van der Waals surface area contributed by atoms with Gasteiger partial charge in [-0.05, 0) is 23.5 Å². The van der Waals surface area contributed by atoms with Crippen molar-refractivity contribution in [3.05, 3.63) is 35.4 Å². The average molecular weight is 304 g/mol. The van der Waals surface area contributed by atoms with Crippen LogP contribution < -0.4 is 0 Å². The van der Waals surface area contributed by atoms with Gasteiger partial charge in [0.15, 0.2) is 5.12 Å². The summed E-state index contributed by atoms with van der Waals surface area (Å²) in [6, 6.07) is 7.53. The minimum atomic E-state index is -4.30. The summed E-state index contributed by atoms with van der Waals surface area (Å²) in [4.78, 5) is 11.7. The third kappa shape index (κ3) is 5.99. The lowest BCUT2D eigenvalue weighted by Gasteiger charge is -2.12. The van der Waals surface area contributed by atoms with Crippen molar-refractivity contribution in [2.24, 2.45) is 5.92 Å². The molecule has 0 fully saturated rings. The Bertz CT molecular complexity index is 437. The topological polar surface area (TPSA) is 17.1 Å². The van der Waals surface area contributed by atoms with E-state index in [4.69, 9.17) is 0 Å². The van der Waals surface area contributed by atoms with Crippen molar-refractivity contribution in [1.29, 1.82) is 0 Å². The zero-order chi connectivity index (χ0) is 15.3. The molecular weight excluding hydrogens is 285 g/mol. The number of halogens is 3. The predicted molar refractivity (Wildman–Crippen MR) is 76.9 cm³/mol. The van der Waals surface area contributed by atoms with E-state index in [-0.39, 0.29) is 0 Å². The standard InChI is InChI=1S/C15H19F3OS/c1-10(2)8-12-4-6-13(7-5-12)11(3)14(19)20-9-15(16,17)18/h4-7,10-11H,8-9H2,1-3H3. The lowest BCUT2D eigenvalue weighted by atomic mass is 9.97. The van der Waals surface area contributed by atoms with E-state index in [2.05, 4.69) is 13.8 Å². The average Bonchev–Trinajstić information content (AvgIpc) is 2.34. The fraction of sp³-hybridized carbons (Fsp3) is 0.533. The number of hydrogen-bond acceptors (Lipinski definition) is 2. The second kappa shape index (κ2) is 7.16. The molecule has 0 aliphatic heterocycles. The molecule has 1 atom stereocenters. The lowest BCUT2D eigenvalue weighted by molar-refractivity contribution is -0.114. The minimum absolute atomic E-state index is 0.337. The monoisotopic (exact) mass is 304 g/mol. The van der Waals surface area contributed by atoms with Crippen LogP contribution in [0.25, 0.3) is 0 Å². The molecule has 20 heavy (non-hydrogen) atoms. The van der Waals surface area contributed by atoms with Crippen molar-refractivity contribution in [2.45, 2.75) is 39.3 Å². The summed E-state index contributed by atoms with van der Waals surface area (Å²) in [5.74, 6) is -1.10. The van der Waals surface area contributed by atoms with Crippen LogP contribution in [0.4, 0.5) is 13.2 Å². The molecule has 1 nitrogen and oxygen atoms in total. The fourth-order valence-electron chi connectivity index (χ4n) is 1.83. The molecule has 0 radical (unpaired) electrons. The van der Waals surface area contributed by atoms with Crippen LogP contribution in [-0.4, -0.2) is 17.0 Å². The van der Waals surface area contributed by atoms with Gasteiger partial charge in [0.1, 0.15) is 0 Å². The van der Waals surface area contributed by atoms with E-state index < -0.39 is 23.0 Å². The SMILES string of the molecule is CC(C)Cc1ccc(C(C)C(=O)SCC(F)(F)F)cc1. The molecule has 1 unspecified atom stereocenters. The molecule has 0 N–H and O–H groups in total. The number of carbonyl (C=O) groups excluding carboxylic acids is 1. The zero-order valence-electron chi connectivity index (χ0n) is 11.8. The number of alkyl halides is 3. The van der Waals surface area contributed by atoms with Gasteiger partial charge in [-0.3, -0.25) is 4.79 Å². The van der Waals surface area contributed by atoms with Gasteiger partial charge < -0.3 is 0 Å². The molecule has 0 amide bonds. The molecule has 1 rings (SSSR count). The number of carbonyl (C=O) groups is 1. The maximum absolute atomic E-state index is 12.1. The van der Waals surface area contributed by atoms with Gasteiger partial charge >= 0.3 is 6.18 Å². The van der Waals surface area contributed by atoms with Gasteiger partial charge in [-0.2, -0.15) is 13.2 Å². The Morgan fingerprint density at radius 2 is 1.70 bits per heavy atom. The Morgan fingerprint density at radius 3 is 2.15 bits per heavy atom. The van der Waals surface area contributed by atoms with Crippen molar-refractivity contribution in [2.75, 3.05) is 5.75 Å². The van der Waals surface area contributed by atoms with Crippen molar-refractivity contribution in [1.82, 2.24) is 0 Å². The van der Waals surface area contributed by atoms with Crippen molar-refractivity contribution < 1.29 is 18.0 Å². The van der Waals surface area contributed by atoms with E-state index in [1.54, 1.807) is 6.92 Å². The van der Waals surface area contributed by atoms with Crippen LogP contribution in [0.3, 0.4) is 0 Å². The van der Waals surface area contributed by atoms with Gasteiger partial charge in [-0.1, -0.05) is 56.8 Å². The molecule has 1 aromatic rings. The minimum Gasteiger partial charge on any atom is -0.287 e. The van der Waals surface area contributed by atoms with Crippen LogP contribution >= 0.6 is 11.8 Å². The number of thioether (sulfide) groups is 1. The molecule has 0 aliphatic rings. The molecule has 1 aromatic carbocycles. The van der Waals surface area contributed by atoms with E-state index in [0.29, 0.717) is 17.7 Å². The van der Waals surface area contributed by atoms with Crippen LogP contribution in [0, 0.1) is 5.92 Å². The summed E-state index contributed by atoms with van der Waals surface area (Å²) < 4.78 is 36.2. The first-order valence-corrected chi connectivity index (χ1v) is 7.50. The molecule has 5 heteroatoms. The first-order chi connectivity index (χ1) is 9.19. The fourth-order valence-corrected chi connectivity index (χ4v) is 2.52. The second-order valence-corrected chi connectivity index (χ2v) is 6.26. The largest absolute Gasteiger partial charge is 0.398 e. The van der Waals surface area contributed by atoms with Gasteiger partial charge in [-0.25, -0.2) is 0 Å². The third-order valence-corrected chi connectivity index (χ3v) is 3.97. The lowest BCUT2D eigenvalue weighted by Crippen LogP contribution is -2.15. The van der Waals surface area contributed by atoms with Crippen LogP contribution in [0.1, 0.15) is 37.8 Å². The molecule has 0 saturated heterocycles. The Labute approximate surface area is 121 Å². The summed E-state index contributed by atoms with van der Waals surface area (Å²) in [6.07, 6.45) is -3.35. The highest BCUT2D eigenvalue weighted by Gasteiger charge is 2.30.